The minimum Gasteiger partial charge on any atom is -0.455 e. The van der Waals surface area contributed by atoms with Crippen LogP contribution in [-0.4, -0.2) is 6.29 Å². The van der Waals surface area contributed by atoms with Gasteiger partial charge in [0.1, 0.15) is 5.75 Å². The molecule has 4 heteroatoms. The highest BCUT2D eigenvalue weighted by Gasteiger charge is 2.21. The third kappa shape index (κ3) is 3.55. The van der Waals surface area contributed by atoms with Gasteiger partial charge in [0.15, 0.2) is 6.26 Å². The zero-order valence-electron chi connectivity index (χ0n) is 11.6. The number of ether oxygens (including phenoxy) is 3. The van der Waals surface area contributed by atoms with Gasteiger partial charge in [-0.25, -0.2) is 0 Å². The van der Waals surface area contributed by atoms with Gasteiger partial charge in [-0.2, -0.15) is 0 Å². The molecule has 4 nitrogen and oxygen atoms in total. The number of hydrogen-bond acceptors (Lipinski definition) is 4. The SMILES string of the molecule is NCc1ccc(OC2=COC(Cc3ccccc3)O2)cc1. The number of benzene rings is 2. The van der Waals surface area contributed by atoms with E-state index in [4.69, 9.17) is 19.9 Å². The number of hydrogen-bond donors (Lipinski definition) is 1. The molecule has 2 aromatic carbocycles. The van der Waals surface area contributed by atoms with Crippen molar-refractivity contribution in [3.05, 3.63) is 77.9 Å². The molecule has 3 rings (SSSR count). The van der Waals surface area contributed by atoms with E-state index < -0.39 is 0 Å². The third-order valence-corrected chi connectivity index (χ3v) is 3.19. The quantitative estimate of drug-likeness (QED) is 0.916. The van der Waals surface area contributed by atoms with E-state index >= 15 is 0 Å². The summed E-state index contributed by atoms with van der Waals surface area (Å²) >= 11 is 0. The molecule has 0 saturated heterocycles. The van der Waals surface area contributed by atoms with Gasteiger partial charge in [-0.1, -0.05) is 42.5 Å². The van der Waals surface area contributed by atoms with Crippen LogP contribution < -0.4 is 10.5 Å². The van der Waals surface area contributed by atoms with Crippen molar-refractivity contribution in [3.63, 3.8) is 0 Å². The Morgan fingerprint density at radius 3 is 2.43 bits per heavy atom. The molecule has 1 unspecified atom stereocenters. The molecular weight excluding hydrogens is 266 g/mol. The molecule has 2 N–H and O–H groups in total. The maximum atomic E-state index is 5.62. The van der Waals surface area contributed by atoms with Crippen LogP contribution in [-0.2, 0) is 22.4 Å². The summed E-state index contributed by atoms with van der Waals surface area (Å²) in [4.78, 5) is 0. The highest BCUT2D eigenvalue weighted by atomic mass is 16.8. The van der Waals surface area contributed by atoms with E-state index in [9.17, 15) is 0 Å². The minimum absolute atomic E-state index is 0.342. The van der Waals surface area contributed by atoms with Crippen molar-refractivity contribution in [2.45, 2.75) is 19.3 Å². The summed E-state index contributed by atoms with van der Waals surface area (Å²) in [7, 11) is 0. The van der Waals surface area contributed by atoms with E-state index in [1.165, 1.54) is 6.26 Å². The second-order valence-corrected chi connectivity index (χ2v) is 4.76. The molecule has 0 aromatic heterocycles. The standard InChI is InChI=1S/C17H17NO3/c18-11-14-6-8-15(9-7-14)20-17-12-19-16(21-17)10-13-4-2-1-3-5-13/h1-9,12,16H,10-11,18H2. The summed E-state index contributed by atoms with van der Waals surface area (Å²) in [6.45, 7) is 0.516. The lowest BCUT2D eigenvalue weighted by molar-refractivity contribution is -0.0519. The van der Waals surface area contributed by atoms with Crippen molar-refractivity contribution in [1.29, 1.82) is 0 Å². The zero-order chi connectivity index (χ0) is 14.5. The van der Waals surface area contributed by atoms with Crippen LogP contribution in [0.4, 0.5) is 0 Å². The molecule has 1 aliphatic rings. The molecule has 0 saturated carbocycles. The van der Waals surface area contributed by atoms with Crippen LogP contribution >= 0.6 is 0 Å². The summed E-state index contributed by atoms with van der Waals surface area (Å²) in [5.41, 5.74) is 7.77. The fourth-order valence-electron chi connectivity index (χ4n) is 2.07. The first-order chi connectivity index (χ1) is 10.3. The summed E-state index contributed by atoms with van der Waals surface area (Å²) < 4.78 is 16.7. The molecule has 21 heavy (non-hydrogen) atoms. The van der Waals surface area contributed by atoms with Gasteiger partial charge in [-0.15, -0.1) is 0 Å². The minimum atomic E-state index is -0.342. The first-order valence-corrected chi connectivity index (χ1v) is 6.86. The van der Waals surface area contributed by atoms with Gasteiger partial charge in [0, 0.05) is 13.0 Å². The molecule has 1 heterocycles. The average molecular weight is 283 g/mol. The molecular formula is C17H17NO3. The van der Waals surface area contributed by atoms with Crippen LogP contribution in [0.1, 0.15) is 11.1 Å². The lowest BCUT2D eigenvalue weighted by atomic mass is 10.1. The Labute approximate surface area is 123 Å². The summed E-state index contributed by atoms with van der Waals surface area (Å²) in [5.74, 6) is 1.07. The summed E-state index contributed by atoms with van der Waals surface area (Å²) in [5, 5.41) is 0. The molecule has 0 aliphatic carbocycles. The Morgan fingerprint density at radius 2 is 1.71 bits per heavy atom. The monoisotopic (exact) mass is 283 g/mol. The van der Waals surface area contributed by atoms with Gasteiger partial charge in [0.05, 0.1) is 0 Å². The van der Waals surface area contributed by atoms with Crippen LogP contribution in [0.15, 0.2) is 66.8 Å². The molecule has 0 bridgehead atoms. The third-order valence-electron chi connectivity index (χ3n) is 3.19. The average Bonchev–Trinajstić information content (AvgIpc) is 2.96. The normalized spacial score (nSPS) is 16.8. The number of rotatable bonds is 5. The number of nitrogens with two attached hydrogens (primary N) is 1. The van der Waals surface area contributed by atoms with Gasteiger partial charge in [0.25, 0.3) is 0 Å². The molecule has 0 spiro atoms. The van der Waals surface area contributed by atoms with Crippen LogP contribution in [0.25, 0.3) is 0 Å². The first kappa shape index (κ1) is 13.5. The Kier molecular flexibility index (Phi) is 4.07. The van der Waals surface area contributed by atoms with Crippen LogP contribution in [0.5, 0.6) is 5.75 Å². The van der Waals surface area contributed by atoms with E-state index in [-0.39, 0.29) is 6.29 Å². The van der Waals surface area contributed by atoms with Crippen molar-refractivity contribution in [2.75, 3.05) is 0 Å². The lowest BCUT2D eigenvalue weighted by Crippen LogP contribution is -2.13. The van der Waals surface area contributed by atoms with Gasteiger partial charge in [-0.05, 0) is 23.3 Å². The zero-order valence-corrected chi connectivity index (χ0v) is 11.6. The largest absolute Gasteiger partial charge is 0.455 e. The molecule has 0 fully saturated rings. The summed E-state index contributed by atoms with van der Waals surface area (Å²) in [6, 6.07) is 17.6. The Morgan fingerprint density at radius 1 is 0.952 bits per heavy atom. The van der Waals surface area contributed by atoms with E-state index in [0.29, 0.717) is 24.7 Å². The Balaban J connectivity index is 1.54. The Bertz CT molecular complexity index is 608. The van der Waals surface area contributed by atoms with Crippen molar-refractivity contribution < 1.29 is 14.2 Å². The van der Waals surface area contributed by atoms with E-state index in [1.807, 2.05) is 54.6 Å². The maximum absolute atomic E-state index is 5.62. The predicted molar refractivity (Wildman–Crippen MR) is 79.1 cm³/mol. The van der Waals surface area contributed by atoms with E-state index in [0.717, 1.165) is 11.1 Å². The molecule has 108 valence electrons. The molecule has 1 atom stereocenters. The van der Waals surface area contributed by atoms with Gasteiger partial charge < -0.3 is 19.9 Å². The van der Waals surface area contributed by atoms with Crippen LogP contribution in [0.2, 0.25) is 0 Å². The first-order valence-electron chi connectivity index (χ1n) is 6.86. The van der Waals surface area contributed by atoms with Crippen molar-refractivity contribution >= 4 is 0 Å². The van der Waals surface area contributed by atoms with Crippen LogP contribution in [0.3, 0.4) is 0 Å². The van der Waals surface area contributed by atoms with Crippen molar-refractivity contribution in [3.8, 4) is 5.75 Å². The van der Waals surface area contributed by atoms with Crippen LogP contribution in [0, 0.1) is 0 Å². The van der Waals surface area contributed by atoms with Crippen molar-refractivity contribution in [1.82, 2.24) is 0 Å². The molecule has 0 amide bonds. The van der Waals surface area contributed by atoms with E-state index in [2.05, 4.69) is 0 Å². The molecule has 1 aliphatic heterocycles. The van der Waals surface area contributed by atoms with Crippen molar-refractivity contribution in [2.24, 2.45) is 5.73 Å². The Hall–Kier alpha value is -2.46. The smallest absolute Gasteiger partial charge is 0.324 e. The fraction of sp³-hybridized carbons (Fsp3) is 0.176. The van der Waals surface area contributed by atoms with Gasteiger partial charge in [-0.3, -0.25) is 0 Å². The second kappa shape index (κ2) is 6.33. The predicted octanol–water partition coefficient (Wildman–Crippen LogP) is 2.94. The lowest BCUT2D eigenvalue weighted by Gasteiger charge is -2.12. The molecule has 0 radical (unpaired) electrons. The van der Waals surface area contributed by atoms with Gasteiger partial charge >= 0.3 is 5.95 Å². The van der Waals surface area contributed by atoms with E-state index in [1.54, 1.807) is 0 Å². The van der Waals surface area contributed by atoms with Gasteiger partial charge in [0.2, 0.25) is 6.29 Å². The highest BCUT2D eigenvalue weighted by molar-refractivity contribution is 5.28. The maximum Gasteiger partial charge on any atom is 0.324 e. The fourth-order valence-corrected chi connectivity index (χ4v) is 2.07. The highest BCUT2D eigenvalue weighted by Crippen LogP contribution is 2.22. The molecule has 2 aromatic rings. The topological polar surface area (TPSA) is 53.7 Å². The summed E-state index contributed by atoms with van der Waals surface area (Å²) in [6.07, 6.45) is 1.84. The second-order valence-electron chi connectivity index (χ2n) is 4.76.